The number of halogens is 1. The van der Waals surface area contributed by atoms with E-state index in [-0.39, 0.29) is 0 Å². The molecule has 0 bridgehead atoms. The first-order valence-electron chi connectivity index (χ1n) is 8.36. The largest absolute Gasteiger partial charge is 0.0843 e. The first-order valence-corrected chi connectivity index (χ1v) is 8.74. The lowest BCUT2D eigenvalue weighted by Gasteiger charge is -2.12. The molecular formula is C23H19Cl. The second kappa shape index (κ2) is 6.30. The van der Waals surface area contributed by atoms with Crippen molar-refractivity contribution in [2.75, 3.05) is 0 Å². The van der Waals surface area contributed by atoms with Crippen molar-refractivity contribution in [2.45, 2.75) is 19.8 Å². The maximum Gasteiger partial charge on any atom is 0.0409 e. The van der Waals surface area contributed by atoms with Crippen molar-refractivity contribution in [3.05, 3.63) is 105 Å². The van der Waals surface area contributed by atoms with E-state index in [9.17, 15) is 0 Å². The van der Waals surface area contributed by atoms with Crippen LogP contribution in [-0.4, -0.2) is 0 Å². The Balaban J connectivity index is 1.97. The number of fused-ring (bicyclic) bond motifs is 2. The van der Waals surface area contributed by atoms with E-state index in [2.05, 4.69) is 73.7 Å². The lowest BCUT2D eigenvalue weighted by molar-refractivity contribution is 0.965. The standard InChI is InChI=1S/C23H19Cl/c1-16-5-4-6-17(13-16)14-23-21-8-3-2-7-18(21)9-10-19-15-20(24)11-12-22(19)23/h2-8,11-15H,9-10H2,1H3/b23-14-. The van der Waals surface area contributed by atoms with Crippen molar-refractivity contribution in [3.63, 3.8) is 0 Å². The van der Waals surface area contributed by atoms with Crippen molar-refractivity contribution in [1.29, 1.82) is 0 Å². The number of hydrogen-bond donors (Lipinski definition) is 0. The van der Waals surface area contributed by atoms with Crippen molar-refractivity contribution in [3.8, 4) is 0 Å². The molecular weight excluding hydrogens is 312 g/mol. The van der Waals surface area contributed by atoms with Gasteiger partial charge >= 0.3 is 0 Å². The van der Waals surface area contributed by atoms with Gasteiger partial charge in [-0.05, 0) is 71.4 Å². The molecule has 118 valence electrons. The fraction of sp³-hybridized carbons (Fsp3) is 0.130. The molecule has 0 unspecified atom stereocenters. The van der Waals surface area contributed by atoms with E-state index in [4.69, 9.17) is 11.6 Å². The first-order chi connectivity index (χ1) is 11.7. The summed E-state index contributed by atoms with van der Waals surface area (Å²) in [5, 5.41) is 0.814. The first kappa shape index (κ1) is 15.2. The summed E-state index contributed by atoms with van der Waals surface area (Å²) >= 11 is 6.25. The average molecular weight is 331 g/mol. The Labute approximate surface area is 148 Å². The molecule has 0 aromatic heterocycles. The predicted molar refractivity (Wildman–Crippen MR) is 103 cm³/mol. The minimum atomic E-state index is 0.814. The summed E-state index contributed by atoms with van der Waals surface area (Å²) in [5.41, 5.74) is 9.18. The van der Waals surface area contributed by atoms with Crippen LogP contribution in [0, 0.1) is 6.92 Å². The maximum atomic E-state index is 6.25. The van der Waals surface area contributed by atoms with E-state index in [0.29, 0.717) is 0 Å². The fourth-order valence-electron chi connectivity index (χ4n) is 3.53. The molecule has 0 heterocycles. The molecule has 24 heavy (non-hydrogen) atoms. The Kier molecular flexibility index (Phi) is 4.00. The summed E-state index contributed by atoms with van der Waals surface area (Å²) in [5.74, 6) is 0. The highest BCUT2D eigenvalue weighted by Gasteiger charge is 2.18. The molecule has 0 spiro atoms. The second-order valence-electron chi connectivity index (χ2n) is 6.43. The van der Waals surface area contributed by atoms with Gasteiger partial charge in [0.25, 0.3) is 0 Å². The van der Waals surface area contributed by atoms with Crippen LogP contribution in [0.2, 0.25) is 5.02 Å². The number of hydrogen-bond acceptors (Lipinski definition) is 0. The van der Waals surface area contributed by atoms with Gasteiger partial charge < -0.3 is 0 Å². The van der Waals surface area contributed by atoms with Gasteiger partial charge in [0.1, 0.15) is 0 Å². The Hall–Kier alpha value is -2.31. The van der Waals surface area contributed by atoms with Crippen LogP contribution in [0.1, 0.15) is 33.4 Å². The molecule has 1 aliphatic rings. The summed E-state index contributed by atoms with van der Waals surface area (Å²) in [6.45, 7) is 2.14. The molecule has 4 rings (SSSR count). The summed E-state index contributed by atoms with van der Waals surface area (Å²) < 4.78 is 0. The Morgan fingerprint density at radius 3 is 2.46 bits per heavy atom. The van der Waals surface area contributed by atoms with E-state index in [1.807, 2.05) is 6.07 Å². The molecule has 3 aromatic rings. The highest BCUT2D eigenvalue weighted by Crippen LogP contribution is 2.36. The lowest BCUT2D eigenvalue weighted by atomic mass is 9.92. The zero-order valence-corrected chi connectivity index (χ0v) is 14.5. The molecule has 0 radical (unpaired) electrons. The van der Waals surface area contributed by atoms with Gasteiger partial charge in [0, 0.05) is 5.02 Å². The molecule has 0 fully saturated rings. The Morgan fingerprint density at radius 2 is 1.58 bits per heavy atom. The SMILES string of the molecule is Cc1cccc(/C=C2/c3ccccc3CCc3cc(Cl)ccc32)c1. The molecule has 0 saturated heterocycles. The van der Waals surface area contributed by atoms with Gasteiger partial charge in [-0.15, -0.1) is 0 Å². The van der Waals surface area contributed by atoms with Gasteiger partial charge in [0.2, 0.25) is 0 Å². The van der Waals surface area contributed by atoms with Gasteiger partial charge in [-0.3, -0.25) is 0 Å². The van der Waals surface area contributed by atoms with E-state index < -0.39 is 0 Å². The third kappa shape index (κ3) is 2.90. The molecule has 1 aliphatic carbocycles. The monoisotopic (exact) mass is 330 g/mol. The van der Waals surface area contributed by atoms with Crippen molar-refractivity contribution in [1.82, 2.24) is 0 Å². The zero-order chi connectivity index (χ0) is 16.5. The van der Waals surface area contributed by atoms with Crippen molar-refractivity contribution < 1.29 is 0 Å². The van der Waals surface area contributed by atoms with Crippen LogP contribution in [0.15, 0.2) is 66.7 Å². The maximum absolute atomic E-state index is 6.25. The van der Waals surface area contributed by atoms with Crippen LogP contribution in [-0.2, 0) is 12.8 Å². The molecule has 0 aliphatic heterocycles. The van der Waals surface area contributed by atoms with E-state index in [0.717, 1.165) is 17.9 Å². The summed E-state index contributed by atoms with van der Waals surface area (Å²) in [7, 11) is 0. The zero-order valence-electron chi connectivity index (χ0n) is 13.7. The average Bonchev–Trinajstić information content (AvgIpc) is 2.73. The van der Waals surface area contributed by atoms with E-state index in [1.165, 1.54) is 39.0 Å². The third-order valence-electron chi connectivity index (χ3n) is 4.68. The van der Waals surface area contributed by atoms with Crippen LogP contribution < -0.4 is 0 Å². The molecule has 0 nitrogen and oxygen atoms in total. The summed E-state index contributed by atoms with van der Waals surface area (Å²) in [6.07, 6.45) is 4.39. The minimum Gasteiger partial charge on any atom is -0.0843 e. The molecule has 3 aromatic carbocycles. The van der Waals surface area contributed by atoms with Crippen LogP contribution in [0.4, 0.5) is 0 Å². The van der Waals surface area contributed by atoms with Crippen LogP contribution in [0.25, 0.3) is 11.6 Å². The minimum absolute atomic E-state index is 0.814. The van der Waals surface area contributed by atoms with Crippen molar-refractivity contribution >= 4 is 23.3 Å². The van der Waals surface area contributed by atoms with Crippen LogP contribution in [0.3, 0.4) is 0 Å². The predicted octanol–water partition coefficient (Wildman–Crippen LogP) is 6.34. The normalized spacial score (nSPS) is 14.8. The van der Waals surface area contributed by atoms with E-state index >= 15 is 0 Å². The van der Waals surface area contributed by atoms with Gasteiger partial charge in [0.05, 0.1) is 0 Å². The molecule has 0 atom stereocenters. The highest BCUT2D eigenvalue weighted by molar-refractivity contribution is 6.30. The van der Waals surface area contributed by atoms with Gasteiger partial charge in [-0.1, -0.05) is 71.8 Å². The fourth-order valence-corrected chi connectivity index (χ4v) is 3.72. The highest BCUT2D eigenvalue weighted by atomic mass is 35.5. The van der Waals surface area contributed by atoms with Crippen LogP contribution in [0.5, 0.6) is 0 Å². The van der Waals surface area contributed by atoms with Gasteiger partial charge in [0.15, 0.2) is 0 Å². The Morgan fingerprint density at radius 1 is 0.792 bits per heavy atom. The molecule has 0 saturated carbocycles. The molecule has 1 heteroatoms. The molecule has 0 N–H and O–H groups in total. The summed E-state index contributed by atoms with van der Waals surface area (Å²) in [4.78, 5) is 0. The number of benzene rings is 3. The van der Waals surface area contributed by atoms with Crippen molar-refractivity contribution in [2.24, 2.45) is 0 Å². The topological polar surface area (TPSA) is 0 Å². The third-order valence-corrected chi connectivity index (χ3v) is 4.92. The van der Waals surface area contributed by atoms with Crippen LogP contribution >= 0.6 is 11.6 Å². The summed E-state index contributed by atoms with van der Waals surface area (Å²) in [6, 6.07) is 23.7. The van der Waals surface area contributed by atoms with Gasteiger partial charge in [-0.2, -0.15) is 0 Å². The van der Waals surface area contributed by atoms with E-state index in [1.54, 1.807) is 0 Å². The second-order valence-corrected chi connectivity index (χ2v) is 6.87. The lowest BCUT2D eigenvalue weighted by Crippen LogP contribution is -1.92. The molecule has 0 amide bonds. The Bertz CT molecular complexity index is 934. The quantitative estimate of drug-likeness (QED) is 0.488. The number of rotatable bonds is 1. The smallest absolute Gasteiger partial charge is 0.0409 e. The number of aryl methyl sites for hydroxylation is 3. The van der Waals surface area contributed by atoms with Gasteiger partial charge in [-0.25, -0.2) is 0 Å².